The van der Waals surface area contributed by atoms with Crippen molar-refractivity contribution in [3.63, 3.8) is 0 Å². The number of benzene rings is 1. The van der Waals surface area contributed by atoms with E-state index in [0.29, 0.717) is 13.0 Å². The van der Waals surface area contributed by atoms with Gasteiger partial charge in [0.05, 0.1) is 5.69 Å². The van der Waals surface area contributed by atoms with Crippen LogP contribution in [0.15, 0.2) is 45.7 Å². The molecule has 2 aromatic heterocycles. The maximum Gasteiger partial charge on any atom is 0.261 e. The van der Waals surface area contributed by atoms with Crippen LogP contribution in [0.1, 0.15) is 41.5 Å². The number of aromatic amines is 1. The first-order valence-corrected chi connectivity index (χ1v) is 7.91. The van der Waals surface area contributed by atoms with Crippen molar-refractivity contribution in [2.45, 2.75) is 26.2 Å². The molecular weight excluding hydrogens is 306 g/mol. The standard InChI is InChI=1S/C18H19N3O3/c1-11(2)14-8-7-13(18(23)20-14)17(22)19-10-9-15-12-5-3-4-6-16(12)24-21-15/h3-8,11H,9-10H2,1-2H3,(H,19,22)(H,20,23). The summed E-state index contributed by atoms with van der Waals surface area (Å²) in [4.78, 5) is 26.9. The molecule has 0 radical (unpaired) electrons. The summed E-state index contributed by atoms with van der Waals surface area (Å²) in [7, 11) is 0. The number of para-hydroxylation sites is 1. The summed E-state index contributed by atoms with van der Waals surface area (Å²) in [5, 5.41) is 7.71. The van der Waals surface area contributed by atoms with Crippen molar-refractivity contribution in [1.29, 1.82) is 0 Å². The van der Waals surface area contributed by atoms with Crippen molar-refractivity contribution in [2.24, 2.45) is 0 Å². The van der Waals surface area contributed by atoms with Gasteiger partial charge in [-0.1, -0.05) is 31.1 Å². The van der Waals surface area contributed by atoms with Crippen molar-refractivity contribution in [3.05, 3.63) is 63.7 Å². The van der Waals surface area contributed by atoms with Gasteiger partial charge in [-0.15, -0.1) is 0 Å². The second-order valence-electron chi connectivity index (χ2n) is 5.94. The zero-order valence-corrected chi connectivity index (χ0v) is 13.6. The number of carbonyl (C=O) groups excluding carboxylic acids is 1. The topological polar surface area (TPSA) is 88.0 Å². The van der Waals surface area contributed by atoms with Gasteiger partial charge >= 0.3 is 0 Å². The van der Waals surface area contributed by atoms with Gasteiger partial charge in [0.15, 0.2) is 5.58 Å². The van der Waals surface area contributed by atoms with E-state index in [1.165, 1.54) is 0 Å². The second kappa shape index (κ2) is 6.70. The Balaban J connectivity index is 1.65. The summed E-state index contributed by atoms with van der Waals surface area (Å²) >= 11 is 0. The third-order valence-electron chi connectivity index (χ3n) is 3.90. The maximum atomic E-state index is 12.2. The highest BCUT2D eigenvalue weighted by Crippen LogP contribution is 2.17. The minimum absolute atomic E-state index is 0.115. The SMILES string of the molecule is CC(C)c1ccc(C(=O)NCCc2noc3ccccc23)c(=O)[nH]1. The van der Waals surface area contributed by atoms with Crippen LogP contribution >= 0.6 is 0 Å². The van der Waals surface area contributed by atoms with E-state index >= 15 is 0 Å². The van der Waals surface area contributed by atoms with Crippen LogP contribution in [0.5, 0.6) is 0 Å². The number of aromatic nitrogens is 2. The predicted octanol–water partition coefficient (Wildman–Crippen LogP) is 2.61. The van der Waals surface area contributed by atoms with E-state index in [1.54, 1.807) is 12.1 Å². The van der Waals surface area contributed by atoms with Gasteiger partial charge < -0.3 is 14.8 Å². The van der Waals surface area contributed by atoms with Crippen molar-refractivity contribution >= 4 is 16.9 Å². The smallest absolute Gasteiger partial charge is 0.261 e. The van der Waals surface area contributed by atoms with E-state index in [-0.39, 0.29) is 22.9 Å². The van der Waals surface area contributed by atoms with Gasteiger partial charge in [-0.3, -0.25) is 9.59 Å². The summed E-state index contributed by atoms with van der Waals surface area (Å²) in [5.41, 5.74) is 2.06. The second-order valence-corrected chi connectivity index (χ2v) is 5.94. The van der Waals surface area contributed by atoms with Gasteiger partial charge in [0.2, 0.25) is 0 Å². The molecule has 0 spiro atoms. The van der Waals surface area contributed by atoms with Crippen molar-refractivity contribution in [3.8, 4) is 0 Å². The third-order valence-corrected chi connectivity index (χ3v) is 3.90. The molecule has 0 fully saturated rings. The molecule has 1 aromatic carbocycles. The number of fused-ring (bicyclic) bond motifs is 1. The summed E-state index contributed by atoms with van der Waals surface area (Å²) in [6, 6.07) is 10.9. The highest BCUT2D eigenvalue weighted by Gasteiger charge is 2.12. The van der Waals surface area contributed by atoms with Crippen molar-refractivity contribution < 1.29 is 9.32 Å². The van der Waals surface area contributed by atoms with E-state index in [0.717, 1.165) is 22.4 Å². The number of nitrogens with zero attached hydrogens (tertiary/aromatic N) is 1. The molecule has 6 nitrogen and oxygen atoms in total. The van der Waals surface area contributed by atoms with E-state index in [2.05, 4.69) is 15.5 Å². The van der Waals surface area contributed by atoms with E-state index < -0.39 is 0 Å². The average Bonchev–Trinajstić information content (AvgIpc) is 2.98. The molecule has 2 N–H and O–H groups in total. The number of pyridine rings is 1. The number of amides is 1. The minimum Gasteiger partial charge on any atom is -0.356 e. The molecule has 0 atom stereocenters. The highest BCUT2D eigenvalue weighted by atomic mass is 16.5. The van der Waals surface area contributed by atoms with Gasteiger partial charge in [0, 0.05) is 24.0 Å². The molecule has 0 bridgehead atoms. The number of carbonyl (C=O) groups is 1. The van der Waals surface area contributed by atoms with Gasteiger partial charge in [0.1, 0.15) is 5.56 Å². The summed E-state index contributed by atoms with van der Waals surface area (Å²) < 4.78 is 5.23. The summed E-state index contributed by atoms with van der Waals surface area (Å²) in [6.07, 6.45) is 0.532. The number of hydrogen-bond donors (Lipinski definition) is 2. The fourth-order valence-corrected chi connectivity index (χ4v) is 2.51. The fraction of sp³-hybridized carbons (Fsp3) is 0.278. The first kappa shape index (κ1) is 16.0. The number of nitrogens with one attached hydrogen (secondary N) is 2. The first-order chi connectivity index (χ1) is 11.6. The summed E-state index contributed by atoms with van der Waals surface area (Å²) in [5.74, 6) is -0.186. The number of rotatable bonds is 5. The lowest BCUT2D eigenvalue weighted by Gasteiger charge is -2.07. The normalized spacial score (nSPS) is 11.1. The van der Waals surface area contributed by atoms with Crippen molar-refractivity contribution in [1.82, 2.24) is 15.5 Å². The molecule has 0 unspecified atom stereocenters. The zero-order valence-electron chi connectivity index (χ0n) is 13.6. The van der Waals surface area contributed by atoms with Gasteiger partial charge in [0.25, 0.3) is 11.5 Å². The van der Waals surface area contributed by atoms with E-state index in [4.69, 9.17) is 4.52 Å². The largest absolute Gasteiger partial charge is 0.356 e. The molecule has 0 aliphatic carbocycles. The summed E-state index contributed by atoms with van der Waals surface area (Å²) in [6.45, 7) is 4.33. The van der Waals surface area contributed by atoms with Crippen LogP contribution < -0.4 is 10.9 Å². The van der Waals surface area contributed by atoms with E-state index in [1.807, 2.05) is 38.1 Å². The molecule has 0 aliphatic heterocycles. The Morgan fingerprint density at radius 2 is 2.04 bits per heavy atom. The Morgan fingerprint density at radius 3 is 2.79 bits per heavy atom. The molecule has 3 aromatic rings. The van der Waals surface area contributed by atoms with Crippen LogP contribution in [0.25, 0.3) is 11.0 Å². The molecule has 0 saturated heterocycles. The van der Waals surface area contributed by atoms with Gasteiger partial charge in [-0.25, -0.2) is 0 Å². The monoisotopic (exact) mass is 325 g/mol. The molecule has 1 amide bonds. The molecular formula is C18H19N3O3. The van der Waals surface area contributed by atoms with Crippen LogP contribution in [0.4, 0.5) is 0 Å². The fourth-order valence-electron chi connectivity index (χ4n) is 2.51. The number of H-pyrrole nitrogens is 1. The average molecular weight is 325 g/mol. The zero-order chi connectivity index (χ0) is 17.1. The quantitative estimate of drug-likeness (QED) is 0.755. The molecule has 24 heavy (non-hydrogen) atoms. The van der Waals surface area contributed by atoms with Crippen LogP contribution in [-0.2, 0) is 6.42 Å². The lowest BCUT2D eigenvalue weighted by molar-refractivity contribution is 0.0952. The predicted molar refractivity (Wildman–Crippen MR) is 91.2 cm³/mol. The molecule has 0 aliphatic rings. The Bertz CT molecular complexity index is 924. The Kier molecular flexibility index (Phi) is 4.46. The van der Waals surface area contributed by atoms with Crippen LogP contribution in [-0.4, -0.2) is 22.6 Å². The van der Waals surface area contributed by atoms with Crippen LogP contribution in [0.3, 0.4) is 0 Å². The Hall–Kier alpha value is -2.89. The molecule has 3 rings (SSSR count). The Morgan fingerprint density at radius 1 is 1.25 bits per heavy atom. The lowest BCUT2D eigenvalue weighted by Crippen LogP contribution is -2.31. The molecule has 124 valence electrons. The van der Waals surface area contributed by atoms with Crippen LogP contribution in [0.2, 0.25) is 0 Å². The highest BCUT2D eigenvalue weighted by molar-refractivity contribution is 5.93. The van der Waals surface area contributed by atoms with Gasteiger partial charge in [-0.2, -0.15) is 0 Å². The molecule has 2 heterocycles. The Labute approximate surface area is 138 Å². The molecule has 6 heteroatoms. The van der Waals surface area contributed by atoms with Crippen molar-refractivity contribution in [2.75, 3.05) is 6.54 Å². The molecule has 0 saturated carbocycles. The van der Waals surface area contributed by atoms with E-state index in [9.17, 15) is 9.59 Å². The number of hydrogen-bond acceptors (Lipinski definition) is 4. The lowest BCUT2D eigenvalue weighted by atomic mass is 10.1. The maximum absolute atomic E-state index is 12.2. The van der Waals surface area contributed by atoms with Crippen LogP contribution in [0, 0.1) is 0 Å². The van der Waals surface area contributed by atoms with Gasteiger partial charge in [-0.05, 0) is 30.2 Å². The first-order valence-electron chi connectivity index (χ1n) is 7.91. The minimum atomic E-state index is -0.389. The third kappa shape index (κ3) is 3.22.